The van der Waals surface area contributed by atoms with Gasteiger partial charge in [0.15, 0.2) is 5.75 Å². The van der Waals surface area contributed by atoms with Crippen LogP contribution in [0.5, 0.6) is 17.2 Å². The second kappa shape index (κ2) is 10.7. The van der Waals surface area contributed by atoms with E-state index in [1.807, 2.05) is 19.9 Å². The first kappa shape index (κ1) is 23.3. The van der Waals surface area contributed by atoms with Crippen LogP contribution in [0.4, 0.5) is 0 Å². The third-order valence-corrected chi connectivity index (χ3v) is 4.72. The number of aromatic hydroxyl groups is 1. The van der Waals surface area contributed by atoms with E-state index in [1.165, 1.54) is 11.1 Å². The number of pyridine rings is 1. The maximum atomic E-state index is 13.2. The monoisotopic (exact) mass is 411 g/mol. The molecule has 0 aliphatic rings. The number of benzene rings is 1. The molecule has 1 heterocycles. The van der Waals surface area contributed by atoms with Gasteiger partial charge in [0, 0.05) is 17.5 Å². The molecule has 162 valence electrons. The number of hydrogen-bond donors (Lipinski definition) is 1. The molecule has 0 atom stereocenters. The molecule has 2 rings (SSSR count). The van der Waals surface area contributed by atoms with Crippen molar-refractivity contribution in [2.75, 3.05) is 13.2 Å². The van der Waals surface area contributed by atoms with E-state index in [0.29, 0.717) is 17.9 Å². The molecule has 30 heavy (non-hydrogen) atoms. The van der Waals surface area contributed by atoms with Gasteiger partial charge < -0.3 is 19.1 Å². The minimum atomic E-state index is -0.288. The maximum absolute atomic E-state index is 13.2. The average Bonchev–Trinajstić information content (AvgIpc) is 2.66. The Labute approximate surface area is 178 Å². The van der Waals surface area contributed by atoms with Crippen molar-refractivity contribution in [3.8, 4) is 17.2 Å². The van der Waals surface area contributed by atoms with E-state index in [-0.39, 0.29) is 29.7 Å². The predicted octanol–water partition coefficient (Wildman–Crippen LogP) is 5.92. The van der Waals surface area contributed by atoms with Crippen molar-refractivity contribution in [3.05, 3.63) is 64.5 Å². The summed E-state index contributed by atoms with van der Waals surface area (Å²) in [6.07, 6.45) is 7.78. The maximum Gasteiger partial charge on any atom is 0.297 e. The number of phenolic OH excluding ortho intramolecular Hbond substituents is 1. The molecule has 0 unspecified atom stereocenters. The molecule has 0 spiro atoms. The Morgan fingerprint density at radius 1 is 1.13 bits per heavy atom. The van der Waals surface area contributed by atoms with Crippen molar-refractivity contribution < 1.29 is 14.6 Å². The summed E-state index contributed by atoms with van der Waals surface area (Å²) in [6.45, 7) is 14.3. The smallest absolute Gasteiger partial charge is 0.297 e. The lowest BCUT2D eigenvalue weighted by Crippen LogP contribution is -2.25. The molecule has 0 saturated carbocycles. The van der Waals surface area contributed by atoms with Crippen molar-refractivity contribution in [1.82, 2.24) is 4.57 Å². The highest BCUT2D eigenvalue weighted by atomic mass is 16.5. The summed E-state index contributed by atoms with van der Waals surface area (Å²) in [5, 5.41) is 10.7. The van der Waals surface area contributed by atoms with Crippen molar-refractivity contribution in [2.24, 2.45) is 0 Å². The molecule has 1 aromatic carbocycles. The summed E-state index contributed by atoms with van der Waals surface area (Å²) in [4.78, 5) is 13.2. The van der Waals surface area contributed by atoms with Gasteiger partial charge in [-0.05, 0) is 65.7 Å². The number of ether oxygens (including phenoxy) is 2. The van der Waals surface area contributed by atoms with E-state index in [1.54, 1.807) is 28.8 Å². The van der Waals surface area contributed by atoms with Crippen molar-refractivity contribution in [3.63, 3.8) is 0 Å². The number of aromatic nitrogens is 1. The second-order valence-electron chi connectivity index (χ2n) is 7.91. The van der Waals surface area contributed by atoms with Crippen LogP contribution in [0.25, 0.3) is 10.9 Å². The first-order chi connectivity index (χ1) is 14.3. The standard InChI is InChI=1S/C25H33NO4/c1-7-14-29-24-23(30-15-13-19(6)10-8-9-17(2)3)21-12-11-20(27)16-22(21)26(18(4)5)25(24)28/h7,9,11-13,16,18,27H,1,8,10,14-15H2,2-6H3/b19-13+. The molecule has 2 aromatic rings. The Bertz CT molecular complexity index is 1010. The average molecular weight is 412 g/mol. The van der Waals surface area contributed by atoms with Gasteiger partial charge in [-0.1, -0.05) is 29.9 Å². The molecule has 0 fully saturated rings. The number of fused-ring (bicyclic) bond motifs is 1. The van der Waals surface area contributed by atoms with Gasteiger partial charge in [0.25, 0.3) is 5.56 Å². The summed E-state index contributed by atoms with van der Waals surface area (Å²) < 4.78 is 13.4. The van der Waals surface area contributed by atoms with Gasteiger partial charge in [-0.3, -0.25) is 4.79 Å². The molecule has 0 saturated heterocycles. The fraction of sp³-hybridized carbons (Fsp3) is 0.400. The molecule has 0 aliphatic heterocycles. The number of phenols is 1. The molecule has 5 nitrogen and oxygen atoms in total. The molecule has 5 heteroatoms. The van der Waals surface area contributed by atoms with Crippen LogP contribution in [-0.2, 0) is 0 Å². The lowest BCUT2D eigenvalue weighted by Gasteiger charge is -2.20. The number of hydrogen-bond acceptors (Lipinski definition) is 4. The van der Waals surface area contributed by atoms with E-state index in [2.05, 4.69) is 33.4 Å². The topological polar surface area (TPSA) is 60.7 Å². The Hall–Kier alpha value is -2.95. The molecule has 1 N–H and O–H groups in total. The molecule has 0 bridgehead atoms. The van der Waals surface area contributed by atoms with Gasteiger partial charge in [0.1, 0.15) is 19.0 Å². The zero-order chi connectivity index (χ0) is 22.3. The normalized spacial score (nSPS) is 11.6. The minimum Gasteiger partial charge on any atom is -0.508 e. The Balaban J connectivity index is 2.46. The van der Waals surface area contributed by atoms with Crippen LogP contribution in [0.3, 0.4) is 0 Å². The molecule has 0 radical (unpaired) electrons. The van der Waals surface area contributed by atoms with Gasteiger partial charge in [0.05, 0.1) is 5.52 Å². The summed E-state index contributed by atoms with van der Waals surface area (Å²) in [5.74, 6) is 0.650. The highest BCUT2D eigenvalue weighted by molar-refractivity contribution is 5.89. The van der Waals surface area contributed by atoms with E-state index in [4.69, 9.17) is 9.47 Å². The quantitative estimate of drug-likeness (QED) is 0.493. The van der Waals surface area contributed by atoms with Crippen LogP contribution in [0.2, 0.25) is 0 Å². The summed E-state index contributed by atoms with van der Waals surface area (Å²) in [5.41, 5.74) is 2.85. The summed E-state index contributed by atoms with van der Waals surface area (Å²) in [6, 6.07) is 4.81. The van der Waals surface area contributed by atoms with E-state index in [9.17, 15) is 9.90 Å². The summed E-state index contributed by atoms with van der Waals surface area (Å²) in [7, 11) is 0. The van der Waals surface area contributed by atoms with E-state index in [0.717, 1.165) is 18.2 Å². The number of allylic oxidation sites excluding steroid dienone is 3. The lowest BCUT2D eigenvalue weighted by molar-refractivity contribution is 0.303. The van der Waals surface area contributed by atoms with Gasteiger partial charge in [-0.15, -0.1) is 0 Å². The largest absolute Gasteiger partial charge is 0.508 e. The molecule has 1 aromatic heterocycles. The van der Waals surface area contributed by atoms with Gasteiger partial charge in [0.2, 0.25) is 5.75 Å². The van der Waals surface area contributed by atoms with Crippen LogP contribution >= 0.6 is 0 Å². The van der Waals surface area contributed by atoms with Crippen LogP contribution in [0, 0.1) is 0 Å². The van der Waals surface area contributed by atoms with Crippen molar-refractivity contribution in [1.29, 1.82) is 0 Å². The van der Waals surface area contributed by atoms with Crippen molar-refractivity contribution in [2.45, 2.75) is 53.5 Å². The zero-order valence-corrected chi connectivity index (χ0v) is 18.7. The Kier molecular flexibility index (Phi) is 8.34. The molecule has 0 amide bonds. The van der Waals surface area contributed by atoms with Gasteiger partial charge in [-0.2, -0.15) is 0 Å². The van der Waals surface area contributed by atoms with Crippen LogP contribution in [0.1, 0.15) is 53.5 Å². The Morgan fingerprint density at radius 3 is 2.47 bits per heavy atom. The lowest BCUT2D eigenvalue weighted by atomic mass is 10.1. The fourth-order valence-corrected chi connectivity index (χ4v) is 3.23. The van der Waals surface area contributed by atoms with E-state index < -0.39 is 0 Å². The van der Waals surface area contributed by atoms with E-state index >= 15 is 0 Å². The molecular weight excluding hydrogens is 378 g/mol. The first-order valence-electron chi connectivity index (χ1n) is 10.3. The Morgan fingerprint density at radius 2 is 1.83 bits per heavy atom. The second-order valence-corrected chi connectivity index (χ2v) is 7.91. The third kappa shape index (κ3) is 5.78. The van der Waals surface area contributed by atoms with Crippen LogP contribution < -0.4 is 15.0 Å². The SMILES string of the molecule is C=CCOc1c(OC/C=C(\C)CCC=C(C)C)c2ccc(O)cc2n(C(C)C)c1=O. The van der Waals surface area contributed by atoms with Crippen LogP contribution in [-0.4, -0.2) is 22.9 Å². The third-order valence-electron chi connectivity index (χ3n) is 4.72. The van der Waals surface area contributed by atoms with Crippen LogP contribution in [0.15, 0.2) is 58.9 Å². The van der Waals surface area contributed by atoms with Gasteiger partial charge >= 0.3 is 0 Å². The number of rotatable bonds is 10. The minimum absolute atomic E-state index is 0.0945. The highest BCUT2D eigenvalue weighted by Gasteiger charge is 2.21. The highest BCUT2D eigenvalue weighted by Crippen LogP contribution is 2.35. The zero-order valence-electron chi connectivity index (χ0n) is 18.7. The molecule has 0 aliphatic carbocycles. The predicted molar refractivity (Wildman–Crippen MR) is 124 cm³/mol. The van der Waals surface area contributed by atoms with Crippen molar-refractivity contribution >= 4 is 10.9 Å². The summed E-state index contributed by atoms with van der Waals surface area (Å²) >= 11 is 0. The fourth-order valence-electron chi connectivity index (χ4n) is 3.23. The first-order valence-corrected chi connectivity index (χ1v) is 10.3. The number of nitrogens with zero attached hydrogens (tertiary/aromatic N) is 1. The molecular formula is C25H33NO4. The van der Waals surface area contributed by atoms with Gasteiger partial charge in [-0.25, -0.2) is 0 Å².